The molecule has 2 N–H and O–H groups in total. The molecule has 1 atom stereocenters. The van der Waals surface area contributed by atoms with Crippen molar-refractivity contribution in [1.29, 1.82) is 0 Å². The van der Waals surface area contributed by atoms with Crippen molar-refractivity contribution in [2.24, 2.45) is 0 Å². The number of nitrogens with zero attached hydrogens (tertiary/aromatic N) is 5. The largest absolute Gasteiger partial charge is 0.350 e. The van der Waals surface area contributed by atoms with E-state index in [0.29, 0.717) is 23.2 Å². The van der Waals surface area contributed by atoms with Gasteiger partial charge in [-0.25, -0.2) is 4.98 Å². The van der Waals surface area contributed by atoms with Crippen LogP contribution in [0.15, 0.2) is 30.5 Å². The van der Waals surface area contributed by atoms with Gasteiger partial charge in [-0.3, -0.25) is 0 Å². The maximum atomic E-state index is 4.63. The minimum Gasteiger partial charge on any atom is -0.350 e. The molecule has 0 saturated carbocycles. The zero-order valence-electron chi connectivity index (χ0n) is 14.8. The normalized spacial score (nSPS) is 18.0. The molecule has 1 saturated heterocycles. The number of rotatable bonds is 3. The van der Waals surface area contributed by atoms with Gasteiger partial charge < -0.3 is 10.6 Å². The predicted molar refractivity (Wildman–Crippen MR) is 98.1 cm³/mol. The van der Waals surface area contributed by atoms with E-state index in [1.807, 2.05) is 0 Å². The van der Waals surface area contributed by atoms with Crippen molar-refractivity contribution < 1.29 is 0 Å². The van der Waals surface area contributed by atoms with E-state index >= 15 is 0 Å². The number of hydrogen-bond acceptors (Lipinski definition) is 6. The van der Waals surface area contributed by atoms with Crippen molar-refractivity contribution in [2.75, 3.05) is 18.4 Å². The van der Waals surface area contributed by atoms with E-state index in [1.54, 1.807) is 10.9 Å². The van der Waals surface area contributed by atoms with Crippen molar-refractivity contribution in [2.45, 2.75) is 38.6 Å². The first-order valence-corrected chi connectivity index (χ1v) is 8.67. The molecule has 0 aliphatic carbocycles. The molecule has 25 heavy (non-hydrogen) atoms. The van der Waals surface area contributed by atoms with Gasteiger partial charge in [0.1, 0.15) is 0 Å². The fraction of sp³-hybridized carbons (Fsp3) is 0.444. The van der Waals surface area contributed by atoms with Gasteiger partial charge in [0.2, 0.25) is 5.95 Å². The summed E-state index contributed by atoms with van der Waals surface area (Å²) in [4.78, 5) is 8.99. The minimum atomic E-state index is 0.123. The van der Waals surface area contributed by atoms with E-state index in [1.165, 1.54) is 5.56 Å². The summed E-state index contributed by atoms with van der Waals surface area (Å²) >= 11 is 0. The summed E-state index contributed by atoms with van der Waals surface area (Å²) < 4.78 is 1.77. The van der Waals surface area contributed by atoms with Crippen molar-refractivity contribution in [1.82, 2.24) is 30.3 Å². The van der Waals surface area contributed by atoms with Crippen LogP contribution in [0.4, 0.5) is 5.95 Å². The highest BCUT2D eigenvalue weighted by Gasteiger charge is 2.17. The van der Waals surface area contributed by atoms with Gasteiger partial charge in [-0.1, -0.05) is 38.1 Å². The number of anilines is 1. The molecule has 1 aromatic carbocycles. The Bertz CT molecular complexity index is 871. The van der Waals surface area contributed by atoms with E-state index in [9.17, 15) is 0 Å². The third-order valence-electron chi connectivity index (χ3n) is 4.56. The average molecular weight is 337 g/mol. The van der Waals surface area contributed by atoms with Crippen LogP contribution in [0.2, 0.25) is 0 Å². The fourth-order valence-electron chi connectivity index (χ4n) is 3.03. The molecular formula is C18H23N7. The Morgan fingerprint density at radius 2 is 2.00 bits per heavy atom. The number of nitrogens with one attached hydrogen (secondary N) is 2. The highest BCUT2D eigenvalue weighted by atomic mass is 15.4. The Morgan fingerprint density at radius 3 is 2.68 bits per heavy atom. The number of benzene rings is 1. The van der Waals surface area contributed by atoms with E-state index in [4.69, 9.17) is 0 Å². The van der Waals surface area contributed by atoms with Crippen LogP contribution in [0.3, 0.4) is 0 Å². The predicted octanol–water partition coefficient (Wildman–Crippen LogP) is 2.28. The van der Waals surface area contributed by atoms with Crippen LogP contribution in [0.25, 0.3) is 16.9 Å². The van der Waals surface area contributed by atoms with Crippen LogP contribution in [-0.2, 0) is 5.41 Å². The first-order valence-electron chi connectivity index (χ1n) is 8.67. The van der Waals surface area contributed by atoms with Gasteiger partial charge in [-0.05, 0) is 36.1 Å². The van der Waals surface area contributed by atoms with E-state index in [2.05, 4.69) is 76.0 Å². The van der Waals surface area contributed by atoms with Crippen LogP contribution in [0, 0.1) is 0 Å². The molecular weight excluding hydrogens is 314 g/mol. The standard InChI is InChI=1S/C18H23N7/c1-18(2,3)12-4-6-14(7-5-12)25-16-15(23-24-25)11-20-17(22-16)21-13-8-9-19-10-13/h4-7,11,13,19H,8-10H2,1-3H3,(H,20,21,22). The fourth-order valence-corrected chi connectivity index (χ4v) is 3.03. The van der Waals surface area contributed by atoms with Gasteiger partial charge in [-0.2, -0.15) is 9.67 Å². The van der Waals surface area contributed by atoms with Gasteiger partial charge in [0.25, 0.3) is 0 Å². The van der Waals surface area contributed by atoms with Crippen LogP contribution in [0.5, 0.6) is 0 Å². The lowest BCUT2D eigenvalue weighted by atomic mass is 9.87. The lowest BCUT2D eigenvalue weighted by molar-refractivity contribution is 0.590. The summed E-state index contributed by atoms with van der Waals surface area (Å²) in [5.41, 5.74) is 3.76. The highest BCUT2D eigenvalue weighted by Crippen LogP contribution is 2.24. The molecule has 1 aliphatic heterocycles. The molecule has 0 spiro atoms. The Kier molecular flexibility index (Phi) is 3.88. The summed E-state index contributed by atoms with van der Waals surface area (Å²) in [6.07, 6.45) is 2.80. The Hall–Kier alpha value is -2.54. The zero-order valence-corrected chi connectivity index (χ0v) is 14.8. The van der Waals surface area contributed by atoms with Crippen LogP contribution in [0.1, 0.15) is 32.8 Å². The van der Waals surface area contributed by atoms with Gasteiger partial charge in [-0.15, -0.1) is 5.10 Å². The Morgan fingerprint density at radius 1 is 1.20 bits per heavy atom. The van der Waals surface area contributed by atoms with Gasteiger partial charge in [0.05, 0.1) is 11.9 Å². The van der Waals surface area contributed by atoms with Crippen molar-refractivity contribution in [3.8, 4) is 5.69 Å². The smallest absolute Gasteiger partial charge is 0.225 e. The molecule has 1 unspecified atom stereocenters. The van der Waals surface area contributed by atoms with Crippen molar-refractivity contribution >= 4 is 17.1 Å². The third kappa shape index (κ3) is 3.19. The second kappa shape index (κ2) is 6.07. The number of hydrogen-bond donors (Lipinski definition) is 2. The molecule has 4 rings (SSSR count). The molecule has 7 nitrogen and oxygen atoms in total. The molecule has 0 radical (unpaired) electrons. The van der Waals surface area contributed by atoms with Crippen LogP contribution in [-0.4, -0.2) is 44.1 Å². The molecule has 7 heteroatoms. The Labute approximate surface area is 146 Å². The highest BCUT2D eigenvalue weighted by molar-refractivity contribution is 5.72. The van der Waals surface area contributed by atoms with Crippen LogP contribution < -0.4 is 10.6 Å². The maximum Gasteiger partial charge on any atom is 0.225 e. The molecule has 3 aromatic rings. The van der Waals surface area contributed by atoms with Crippen molar-refractivity contribution in [3.63, 3.8) is 0 Å². The second-order valence-electron chi connectivity index (χ2n) is 7.53. The quantitative estimate of drug-likeness (QED) is 0.763. The second-order valence-corrected chi connectivity index (χ2v) is 7.53. The first-order chi connectivity index (χ1) is 12.0. The van der Waals surface area contributed by atoms with E-state index in [0.717, 1.165) is 25.2 Å². The summed E-state index contributed by atoms with van der Waals surface area (Å²) in [6.45, 7) is 8.58. The molecule has 1 fully saturated rings. The van der Waals surface area contributed by atoms with E-state index in [-0.39, 0.29) is 5.41 Å². The molecule has 2 aromatic heterocycles. The topological polar surface area (TPSA) is 80.5 Å². The maximum absolute atomic E-state index is 4.63. The summed E-state index contributed by atoms with van der Waals surface area (Å²) in [6, 6.07) is 8.75. The van der Waals surface area contributed by atoms with Crippen molar-refractivity contribution in [3.05, 3.63) is 36.0 Å². The van der Waals surface area contributed by atoms with Gasteiger partial charge in [0.15, 0.2) is 11.2 Å². The molecule has 0 amide bonds. The average Bonchev–Trinajstić information content (AvgIpc) is 3.23. The lowest BCUT2D eigenvalue weighted by Crippen LogP contribution is -2.23. The Balaban J connectivity index is 1.67. The SMILES string of the molecule is CC(C)(C)c1ccc(-n2nnc3cnc(NC4CCNC4)nc32)cc1. The van der Waals surface area contributed by atoms with E-state index < -0.39 is 0 Å². The molecule has 1 aliphatic rings. The first kappa shape index (κ1) is 16.0. The minimum absolute atomic E-state index is 0.123. The third-order valence-corrected chi connectivity index (χ3v) is 4.56. The monoisotopic (exact) mass is 337 g/mol. The lowest BCUT2D eigenvalue weighted by Gasteiger charge is -2.19. The summed E-state index contributed by atoms with van der Waals surface area (Å²) in [5, 5.41) is 15.1. The summed E-state index contributed by atoms with van der Waals surface area (Å²) in [5.74, 6) is 0.621. The molecule has 0 bridgehead atoms. The zero-order chi connectivity index (χ0) is 17.4. The van der Waals surface area contributed by atoms with Gasteiger partial charge >= 0.3 is 0 Å². The van der Waals surface area contributed by atoms with Crippen LogP contribution >= 0.6 is 0 Å². The summed E-state index contributed by atoms with van der Waals surface area (Å²) in [7, 11) is 0. The number of aromatic nitrogens is 5. The molecule has 130 valence electrons. The molecule has 3 heterocycles. The van der Waals surface area contributed by atoms with Gasteiger partial charge in [0, 0.05) is 12.6 Å². The number of fused-ring (bicyclic) bond motifs is 1.